The van der Waals surface area contributed by atoms with E-state index in [0.29, 0.717) is 0 Å². The molecule has 0 fully saturated rings. The Bertz CT molecular complexity index is 274. The molecule has 0 aliphatic rings. The highest BCUT2D eigenvalue weighted by molar-refractivity contribution is 9.09. The summed E-state index contributed by atoms with van der Waals surface area (Å²) in [6.07, 6.45) is 3.55. The smallest absolute Gasteiger partial charge is 0.142 e. The van der Waals surface area contributed by atoms with Crippen LogP contribution in [-0.4, -0.2) is 32.8 Å². The van der Waals surface area contributed by atoms with Crippen LogP contribution in [0.3, 0.4) is 0 Å². The molecule has 0 amide bonds. The van der Waals surface area contributed by atoms with Crippen molar-refractivity contribution in [2.45, 2.75) is 25.9 Å². The first-order valence-electron chi connectivity index (χ1n) is 4.59. The van der Waals surface area contributed by atoms with Gasteiger partial charge in [0.05, 0.1) is 6.54 Å². The summed E-state index contributed by atoms with van der Waals surface area (Å²) in [5.41, 5.74) is 0.124. The van der Waals surface area contributed by atoms with Crippen molar-refractivity contribution in [1.29, 1.82) is 0 Å². The van der Waals surface area contributed by atoms with Crippen LogP contribution in [0.2, 0.25) is 0 Å². The molecule has 14 heavy (non-hydrogen) atoms. The second-order valence-electron chi connectivity index (χ2n) is 3.97. The Labute approximate surface area is 93.7 Å². The molecular weight excluding hydrogens is 242 g/mol. The maximum atomic E-state index is 4.20. The molecular formula is C10H16BrN3. The molecule has 1 aromatic rings. The fourth-order valence-corrected chi connectivity index (χ4v) is 1.37. The van der Waals surface area contributed by atoms with E-state index in [2.05, 4.69) is 51.7 Å². The number of rotatable bonds is 4. The Balaban J connectivity index is 2.62. The Kier molecular flexibility index (Phi) is 4.01. The van der Waals surface area contributed by atoms with Crippen molar-refractivity contribution in [3.05, 3.63) is 24.3 Å². The quantitative estimate of drug-likeness (QED) is 0.774. The molecule has 78 valence electrons. The lowest BCUT2D eigenvalue weighted by Gasteiger charge is -2.33. The Morgan fingerprint density at radius 2 is 1.93 bits per heavy atom. The van der Waals surface area contributed by atoms with Crippen LogP contribution in [-0.2, 0) is 6.54 Å². The van der Waals surface area contributed by atoms with Gasteiger partial charge in [0.2, 0.25) is 0 Å². The molecule has 0 aliphatic carbocycles. The van der Waals surface area contributed by atoms with Crippen LogP contribution >= 0.6 is 15.9 Å². The summed E-state index contributed by atoms with van der Waals surface area (Å²) in [5, 5.41) is 0.934. The minimum atomic E-state index is 0.124. The predicted octanol–water partition coefficient (Wildman–Crippen LogP) is 2.08. The van der Waals surface area contributed by atoms with Crippen LogP contribution in [0.15, 0.2) is 18.5 Å². The van der Waals surface area contributed by atoms with Crippen molar-refractivity contribution in [2.75, 3.05) is 12.4 Å². The van der Waals surface area contributed by atoms with E-state index in [1.165, 1.54) is 0 Å². The molecule has 0 saturated carbocycles. The number of hydrogen-bond donors (Lipinski definition) is 0. The van der Waals surface area contributed by atoms with Gasteiger partial charge < -0.3 is 0 Å². The van der Waals surface area contributed by atoms with E-state index in [-0.39, 0.29) is 5.54 Å². The molecule has 3 nitrogen and oxygen atoms in total. The number of hydrogen-bond acceptors (Lipinski definition) is 3. The summed E-state index contributed by atoms with van der Waals surface area (Å²) in [5.74, 6) is 0.865. The SMILES string of the molecule is CN(Cc1ncccn1)C(C)(C)CBr. The first kappa shape index (κ1) is 11.6. The highest BCUT2D eigenvalue weighted by Crippen LogP contribution is 2.16. The first-order valence-corrected chi connectivity index (χ1v) is 5.71. The predicted molar refractivity (Wildman–Crippen MR) is 61.4 cm³/mol. The van der Waals surface area contributed by atoms with Gasteiger partial charge in [-0.15, -0.1) is 0 Å². The lowest BCUT2D eigenvalue weighted by Crippen LogP contribution is -2.42. The fraction of sp³-hybridized carbons (Fsp3) is 0.600. The van der Waals surface area contributed by atoms with Gasteiger partial charge in [-0.3, -0.25) is 4.90 Å². The van der Waals surface area contributed by atoms with E-state index < -0.39 is 0 Å². The van der Waals surface area contributed by atoms with Crippen molar-refractivity contribution >= 4 is 15.9 Å². The number of nitrogens with zero attached hydrogens (tertiary/aromatic N) is 3. The molecule has 0 atom stereocenters. The molecule has 1 rings (SSSR count). The third kappa shape index (κ3) is 3.03. The summed E-state index contributed by atoms with van der Waals surface area (Å²) in [6.45, 7) is 5.15. The van der Waals surface area contributed by atoms with Gasteiger partial charge in [-0.05, 0) is 27.0 Å². The number of halogens is 1. The Hall–Kier alpha value is -0.480. The van der Waals surface area contributed by atoms with Gasteiger partial charge in [-0.25, -0.2) is 9.97 Å². The van der Waals surface area contributed by atoms with E-state index >= 15 is 0 Å². The van der Waals surface area contributed by atoms with E-state index in [9.17, 15) is 0 Å². The highest BCUT2D eigenvalue weighted by Gasteiger charge is 2.22. The standard InChI is InChI=1S/C10H16BrN3/c1-10(2,8-11)14(3)7-9-12-5-4-6-13-9/h4-6H,7-8H2,1-3H3. The zero-order valence-electron chi connectivity index (χ0n) is 8.87. The van der Waals surface area contributed by atoms with Gasteiger partial charge in [-0.1, -0.05) is 15.9 Å². The average molecular weight is 258 g/mol. The average Bonchev–Trinajstić information content (AvgIpc) is 2.19. The van der Waals surface area contributed by atoms with Gasteiger partial charge in [0.1, 0.15) is 5.82 Å². The molecule has 1 heterocycles. The summed E-state index contributed by atoms with van der Waals surface area (Å²) in [7, 11) is 2.08. The van der Waals surface area contributed by atoms with E-state index in [0.717, 1.165) is 17.7 Å². The molecule has 0 bridgehead atoms. The molecule has 1 aromatic heterocycles. The maximum Gasteiger partial charge on any atom is 0.142 e. The molecule has 0 aliphatic heterocycles. The zero-order valence-corrected chi connectivity index (χ0v) is 10.5. The molecule has 0 spiro atoms. The molecule has 0 radical (unpaired) electrons. The summed E-state index contributed by atoms with van der Waals surface area (Å²) in [6, 6.07) is 1.83. The molecule has 0 aromatic carbocycles. The van der Waals surface area contributed by atoms with E-state index in [1.54, 1.807) is 12.4 Å². The highest BCUT2D eigenvalue weighted by atomic mass is 79.9. The third-order valence-electron chi connectivity index (χ3n) is 2.36. The fourth-order valence-electron chi connectivity index (χ4n) is 0.940. The zero-order chi connectivity index (χ0) is 10.6. The van der Waals surface area contributed by atoms with Crippen molar-refractivity contribution in [3.63, 3.8) is 0 Å². The van der Waals surface area contributed by atoms with Crippen molar-refractivity contribution in [3.8, 4) is 0 Å². The lowest BCUT2D eigenvalue weighted by atomic mass is 10.1. The lowest BCUT2D eigenvalue weighted by molar-refractivity contribution is 0.169. The van der Waals surface area contributed by atoms with Crippen LogP contribution < -0.4 is 0 Å². The van der Waals surface area contributed by atoms with Crippen LogP contribution in [0.25, 0.3) is 0 Å². The normalized spacial score (nSPS) is 12.1. The van der Waals surface area contributed by atoms with Gasteiger partial charge in [0.25, 0.3) is 0 Å². The van der Waals surface area contributed by atoms with Crippen molar-refractivity contribution < 1.29 is 0 Å². The van der Waals surface area contributed by atoms with Crippen molar-refractivity contribution in [2.24, 2.45) is 0 Å². The van der Waals surface area contributed by atoms with Gasteiger partial charge >= 0.3 is 0 Å². The molecule has 0 unspecified atom stereocenters. The van der Waals surface area contributed by atoms with E-state index in [1.807, 2.05) is 6.07 Å². The number of alkyl halides is 1. The van der Waals surface area contributed by atoms with Gasteiger partial charge in [0, 0.05) is 23.3 Å². The summed E-state index contributed by atoms with van der Waals surface area (Å²) < 4.78 is 0. The third-order valence-corrected chi connectivity index (χ3v) is 3.73. The van der Waals surface area contributed by atoms with Crippen LogP contribution in [0.1, 0.15) is 19.7 Å². The second kappa shape index (κ2) is 4.84. The van der Waals surface area contributed by atoms with Crippen LogP contribution in [0.5, 0.6) is 0 Å². The second-order valence-corrected chi connectivity index (χ2v) is 4.53. The summed E-state index contributed by atoms with van der Waals surface area (Å²) in [4.78, 5) is 10.6. The topological polar surface area (TPSA) is 29.0 Å². The minimum absolute atomic E-state index is 0.124. The van der Waals surface area contributed by atoms with Crippen LogP contribution in [0, 0.1) is 0 Å². The maximum absolute atomic E-state index is 4.20. The summed E-state index contributed by atoms with van der Waals surface area (Å²) >= 11 is 3.50. The Morgan fingerprint density at radius 1 is 1.36 bits per heavy atom. The van der Waals surface area contributed by atoms with E-state index in [4.69, 9.17) is 0 Å². The van der Waals surface area contributed by atoms with Crippen molar-refractivity contribution in [1.82, 2.24) is 14.9 Å². The number of aromatic nitrogens is 2. The van der Waals surface area contributed by atoms with Gasteiger partial charge in [-0.2, -0.15) is 0 Å². The molecule has 0 N–H and O–H groups in total. The van der Waals surface area contributed by atoms with Gasteiger partial charge in [0.15, 0.2) is 0 Å². The largest absolute Gasteiger partial charge is 0.293 e. The minimum Gasteiger partial charge on any atom is -0.293 e. The monoisotopic (exact) mass is 257 g/mol. The molecule has 0 saturated heterocycles. The first-order chi connectivity index (χ1) is 6.56. The van der Waals surface area contributed by atoms with Crippen LogP contribution in [0.4, 0.5) is 0 Å². The molecule has 4 heteroatoms. The Morgan fingerprint density at radius 3 is 2.43 bits per heavy atom.